The van der Waals surface area contributed by atoms with Crippen molar-refractivity contribution in [1.29, 1.82) is 0 Å². The highest BCUT2D eigenvalue weighted by atomic mass is 35.5. The fourth-order valence-corrected chi connectivity index (χ4v) is 3.51. The Labute approximate surface area is 162 Å². The average molecular weight is 385 g/mol. The predicted octanol–water partition coefficient (Wildman–Crippen LogP) is 6.13. The SMILES string of the molecule is Cn1cc(C(=O)Nc2ccccc2-c2ccc(Cl)c(Cl)c2)c(C2CC2)c1. The molecule has 3 nitrogen and oxygen atoms in total. The molecule has 1 heterocycles. The maximum absolute atomic E-state index is 12.9. The van der Waals surface area contributed by atoms with Crippen LogP contribution in [0.2, 0.25) is 10.0 Å². The number of benzene rings is 2. The number of nitrogens with zero attached hydrogens (tertiary/aromatic N) is 1. The van der Waals surface area contributed by atoms with Gasteiger partial charge in [-0.15, -0.1) is 0 Å². The second-order valence-corrected chi connectivity index (χ2v) is 7.51. The fourth-order valence-electron chi connectivity index (χ4n) is 3.21. The van der Waals surface area contributed by atoms with Crippen LogP contribution in [0.1, 0.15) is 34.7 Å². The normalized spacial score (nSPS) is 13.7. The van der Waals surface area contributed by atoms with Crippen LogP contribution in [0.4, 0.5) is 5.69 Å². The van der Waals surface area contributed by atoms with Crippen molar-refractivity contribution >= 4 is 34.8 Å². The molecule has 0 saturated heterocycles. The molecule has 1 saturated carbocycles. The number of halogens is 2. The van der Waals surface area contributed by atoms with Crippen molar-refractivity contribution in [2.75, 3.05) is 5.32 Å². The van der Waals surface area contributed by atoms with Gasteiger partial charge in [0.25, 0.3) is 5.91 Å². The van der Waals surface area contributed by atoms with Gasteiger partial charge in [0.1, 0.15) is 0 Å². The van der Waals surface area contributed by atoms with Gasteiger partial charge in [-0.2, -0.15) is 0 Å². The van der Waals surface area contributed by atoms with E-state index in [2.05, 4.69) is 11.5 Å². The lowest BCUT2D eigenvalue weighted by Gasteiger charge is -2.12. The van der Waals surface area contributed by atoms with Crippen molar-refractivity contribution in [3.63, 3.8) is 0 Å². The Morgan fingerprint density at radius 3 is 2.58 bits per heavy atom. The number of nitrogens with one attached hydrogen (secondary N) is 1. The number of carbonyl (C=O) groups is 1. The quantitative estimate of drug-likeness (QED) is 0.576. The highest BCUT2D eigenvalue weighted by Gasteiger charge is 2.29. The van der Waals surface area contributed by atoms with Crippen LogP contribution in [0, 0.1) is 0 Å². The van der Waals surface area contributed by atoms with E-state index in [-0.39, 0.29) is 5.91 Å². The summed E-state index contributed by atoms with van der Waals surface area (Å²) >= 11 is 12.2. The summed E-state index contributed by atoms with van der Waals surface area (Å²) in [4.78, 5) is 12.9. The molecular weight excluding hydrogens is 367 g/mol. The topological polar surface area (TPSA) is 34.0 Å². The van der Waals surface area contributed by atoms with E-state index in [1.54, 1.807) is 6.07 Å². The van der Waals surface area contributed by atoms with Crippen LogP contribution in [0.3, 0.4) is 0 Å². The molecular formula is C21H18Cl2N2O. The molecule has 0 bridgehead atoms. The number of carbonyl (C=O) groups excluding carboxylic acids is 1. The summed E-state index contributed by atoms with van der Waals surface area (Å²) in [7, 11) is 1.95. The maximum atomic E-state index is 12.9. The lowest BCUT2D eigenvalue weighted by atomic mass is 10.0. The molecule has 1 amide bonds. The van der Waals surface area contributed by atoms with Crippen LogP contribution in [0.5, 0.6) is 0 Å². The number of aryl methyl sites for hydroxylation is 1. The molecule has 26 heavy (non-hydrogen) atoms. The molecule has 1 aromatic heterocycles. The zero-order valence-electron chi connectivity index (χ0n) is 14.3. The van der Waals surface area contributed by atoms with Crippen molar-refractivity contribution < 1.29 is 4.79 Å². The van der Waals surface area contributed by atoms with Crippen LogP contribution >= 0.6 is 23.2 Å². The number of anilines is 1. The monoisotopic (exact) mass is 384 g/mol. The molecule has 0 radical (unpaired) electrons. The van der Waals surface area contributed by atoms with E-state index in [0.29, 0.717) is 16.0 Å². The predicted molar refractivity (Wildman–Crippen MR) is 107 cm³/mol. The van der Waals surface area contributed by atoms with Crippen molar-refractivity contribution in [3.05, 3.63) is 76.0 Å². The van der Waals surface area contributed by atoms with Crippen LogP contribution < -0.4 is 5.32 Å². The van der Waals surface area contributed by atoms with Crippen LogP contribution in [-0.4, -0.2) is 10.5 Å². The largest absolute Gasteiger partial charge is 0.356 e. The second kappa shape index (κ2) is 6.82. The average Bonchev–Trinajstić information content (AvgIpc) is 3.39. The van der Waals surface area contributed by atoms with Gasteiger partial charge in [0.15, 0.2) is 0 Å². The molecule has 0 unspecified atom stereocenters. The third-order valence-corrected chi connectivity index (χ3v) is 5.39. The Hall–Kier alpha value is -2.23. The molecule has 3 aromatic rings. The molecule has 0 aliphatic heterocycles. The molecule has 0 spiro atoms. The summed E-state index contributed by atoms with van der Waals surface area (Å²) in [5, 5.41) is 4.07. The Kier molecular flexibility index (Phi) is 4.51. The van der Waals surface area contributed by atoms with E-state index in [1.165, 1.54) is 0 Å². The highest BCUT2D eigenvalue weighted by molar-refractivity contribution is 6.42. The van der Waals surface area contributed by atoms with Crippen LogP contribution in [0.25, 0.3) is 11.1 Å². The van der Waals surface area contributed by atoms with Gasteiger partial charge in [0.05, 0.1) is 15.6 Å². The number of aromatic nitrogens is 1. The maximum Gasteiger partial charge on any atom is 0.257 e. The molecule has 4 rings (SSSR count). The van der Waals surface area contributed by atoms with E-state index in [9.17, 15) is 4.79 Å². The van der Waals surface area contributed by atoms with Crippen molar-refractivity contribution in [2.24, 2.45) is 7.05 Å². The molecule has 1 aliphatic rings. The summed E-state index contributed by atoms with van der Waals surface area (Å²) in [6, 6.07) is 13.2. The first-order chi connectivity index (χ1) is 12.5. The van der Waals surface area contributed by atoms with Crippen molar-refractivity contribution in [1.82, 2.24) is 4.57 Å². The molecule has 132 valence electrons. The highest BCUT2D eigenvalue weighted by Crippen LogP contribution is 2.42. The van der Waals surface area contributed by atoms with Gasteiger partial charge < -0.3 is 9.88 Å². The Bertz CT molecular complexity index is 989. The van der Waals surface area contributed by atoms with Gasteiger partial charge in [-0.05, 0) is 48.1 Å². The smallest absolute Gasteiger partial charge is 0.257 e. The molecule has 5 heteroatoms. The van der Waals surface area contributed by atoms with E-state index in [1.807, 2.05) is 54.2 Å². The van der Waals surface area contributed by atoms with Gasteiger partial charge in [0.2, 0.25) is 0 Å². The molecule has 1 N–H and O–H groups in total. The van der Waals surface area contributed by atoms with E-state index >= 15 is 0 Å². The number of amides is 1. The third kappa shape index (κ3) is 3.37. The third-order valence-electron chi connectivity index (χ3n) is 4.65. The van der Waals surface area contributed by atoms with Crippen molar-refractivity contribution in [2.45, 2.75) is 18.8 Å². The molecule has 0 atom stereocenters. The first-order valence-electron chi connectivity index (χ1n) is 8.54. The summed E-state index contributed by atoms with van der Waals surface area (Å²) in [5.41, 5.74) is 4.45. The number of para-hydroxylation sites is 1. The van der Waals surface area contributed by atoms with Gasteiger partial charge in [0, 0.05) is 30.7 Å². The Morgan fingerprint density at radius 1 is 1.08 bits per heavy atom. The fraction of sp³-hybridized carbons (Fsp3) is 0.190. The first kappa shape index (κ1) is 17.2. The summed E-state index contributed by atoms with van der Waals surface area (Å²) in [6.45, 7) is 0. The minimum atomic E-state index is -0.0833. The molecule has 1 fully saturated rings. The summed E-state index contributed by atoms with van der Waals surface area (Å²) in [6.07, 6.45) is 6.26. The lowest BCUT2D eigenvalue weighted by molar-refractivity contribution is 0.102. The van der Waals surface area contributed by atoms with Gasteiger partial charge in [-0.25, -0.2) is 0 Å². The minimum Gasteiger partial charge on any atom is -0.356 e. The first-order valence-corrected chi connectivity index (χ1v) is 9.30. The second-order valence-electron chi connectivity index (χ2n) is 6.70. The van der Waals surface area contributed by atoms with Gasteiger partial charge in [-0.3, -0.25) is 4.79 Å². The number of hydrogen-bond acceptors (Lipinski definition) is 1. The minimum absolute atomic E-state index is 0.0833. The zero-order valence-corrected chi connectivity index (χ0v) is 15.8. The Morgan fingerprint density at radius 2 is 1.85 bits per heavy atom. The van der Waals surface area contributed by atoms with Crippen LogP contribution in [-0.2, 0) is 7.05 Å². The zero-order chi connectivity index (χ0) is 18.3. The molecule has 2 aromatic carbocycles. The van der Waals surface area contributed by atoms with Gasteiger partial charge in [-0.1, -0.05) is 47.5 Å². The van der Waals surface area contributed by atoms with E-state index in [0.717, 1.165) is 40.8 Å². The summed E-state index contributed by atoms with van der Waals surface area (Å²) < 4.78 is 1.95. The number of rotatable bonds is 4. The van der Waals surface area contributed by atoms with Gasteiger partial charge >= 0.3 is 0 Å². The van der Waals surface area contributed by atoms with E-state index < -0.39 is 0 Å². The van der Waals surface area contributed by atoms with E-state index in [4.69, 9.17) is 23.2 Å². The number of hydrogen-bond donors (Lipinski definition) is 1. The van der Waals surface area contributed by atoms with Crippen LogP contribution in [0.15, 0.2) is 54.9 Å². The lowest BCUT2D eigenvalue weighted by Crippen LogP contribution is -2.13. The standard InChI is InChI=1S/C21H18Cl2N2O/c1-25-11-16(13-6-7-13)17(12-25)21(26)24-20-5-3-2-4-15(20)14-8-9-18(22)19(23)10-14/h2-5,8-13H,6-7H2,1H3,(H,24,26). The molecule has 1 aliphatic carbocycles. The Balaban J connectivity index is 1.67. The summed E-state index contributed by atoms with van der Waals surface area (Å²) in [5.74, 6) is 0.433. The van der Waals surface area contributed by atoms with Crippen molar-refractivity contribution in [3.8, 4) is 11.1 Å².